The molecule has 0 aliphatic carbocycles. The third-order valence-electron chi connectivity index (χ3n) is 3.08. The number of methoxy groups -OCH3 is 2. The summed E-state index contributed by atoms with van der Waals surface area (Å²) < 4.78 is 15.9. The Kier molecular flexibility index (Phi) is 6.05. The normalized spacial score (nSPS) is 12.5. The highest BCUT2D eigenvalue weighted by molar-refractivity contribution is 5.87. The van der Waals surface area contributed by atoms with Gasteiger partial charge in [-0.25, -0.2) is 4.79 Å². The molecule has 1 amide bonds. The van der Waals surface area contributed by atoms with Crippen LogP contribution in [0.2, 0.25) is 0 Å². The highest BCUT2D eigenvalue weighted by Crippen LogP contribution is 2.36. The van der Waals surface area contributed by atoms with Crippen LogP contribution in [0, 0.1) is 0 Å². The van der Waals surface area contributed by atoms with Gasteiger partial charge in [0.25, 0.3) is 0 Å². The lowest BCUT2D eigenvalue weighted by atomic mass is 9.98. The maximum absolute atomic E-state index is 12.0. The first-order valence-corrected chi connectivity index (χ1v) is 7.17. The minimum atomic E-state index is -0.569. The Labute approximate surface area is 131 Å². The monoisotopic (exact) mass is 310 g/mol. The van der Waals surface area contributed by atoms with Crippen LogP contribution in [0.15, 0.2) is 12.1 Å². The van der Waals surface area contributed by atoms with Gasteiger partial charge in [-0.1, -0.05) is 6.92 Å². The fourth-order valence-corrected chi connectivity index (χ4v) is 1.95. The Morgan fingerprint density at radius 2 is 1.77 bits per heavy atom. The number of rotatable bonds is 5. The molecule has 0 aliphatic heterocycles. The van der Waals surface area contributed by atoms with Gasteiger partial charge in [0, 0.05) is 6.07 Å². The first kappa shape index (κ1) is 18.1. The fourth-order valence-electron chi connectivity index (χ4n) is 1.95. The van der Waals surface area contributed by atoms with Gasteiger partial charge in [-0.3, -0.25) is 5.32 Å². The van der Waals surface area contributed by atoms with Crippen molar-refractivity contribution in [2.45, 2.75) is 39.2 Å². The number of carbonyl (C=O) groups excluding carboxylic acids is 1. The zero-order valence-electron chi connectivity index (χ0n) is 14.1. The second-order valence-corrected chi connectivity index (χ2v) is 6.06. The van der Waals surface area contributed by atoms with Crippen molar-refractivity contribution in [3.8, 4) is 11.5 Å². The number of hydrogen-bond donors (Lipinski definition) is 2. The van der Waals surface area contributed by atoms with E-state index in [1.165, 1.54) is 0 Å². The molecule has 0 saturated carbocycles. The molecule has 22 heavy (non-hydrogen) atoms. The lowest BCUT2D eigenvalue weighted by molar-refractivity contribution is 0.0635. The molecule has 1 rings (SSSR count). The Morgan fingerprint density at radius 3 is 2.23 bits per heavy atom. The largest absolute Gasteiger partial charge is 0.493 e. The predicted molar refractivity (Wildman–Crippen MR) is 86.9 cm³/mol. The number of ether oxygens (including phenoxy) is 3. The standard InChI is InChI=1S/C16H26N2O4/c1-10(9-17)11-7-13(20-5)14(21-6)8-12(11)18-15(19)22-16(2,3)4/h7-8,10H,9,17H2,1-6H3,(H,18,19). The van der Waals surface area contributed by atoms with Gasteiger partial charge in [-0.05, 0) is 44.9 Å². The average molecular weight is 310 g/mol. The molecule has 0 bridgehead atoms. The van der Waals surface area contributed by atoms with Gasteiger partial charge in [-0.15, -0.1) is 0 Å². The number of nitrogens with two attached hydrogens (primary N) is 1. The van der Waals surface area contributed by atoms with E-state index in [9.17, 15) is 4.79 Å². The van der Waals surface area contributed by atoms with E-state index in [1.54, 1.807) is 20.3 Å². The van der Waals surface area contributed by atoms with Crippen LogP contribution in [-0.4, -0.2) is 32.5 Å². The predicted octanol–water partition coefficient (Wildman–Crippen LogP) is 3.11. The van der Waals surface area contributed by atoms with Crippen molar-refractivity contribution in [2.24, 2.45) is 5.73 Å². The number of hydrogen-bond acceptors (Lipinski definition) is 5. The smallest absolute Gasteiger partial charge is 0.412 e. The van der Waals surface area contributed by atoms with Crippen LogP contribution in [-0.2, 0) is 4.74 Å². The number of amides is 1. The summed E-state index contributed by atoms with van der Waals surface area (Å²) in [5.41, 5.74) is 6.65. The van der Waals surface area contributed by atoms with Crippen molar-refractivity contribution in [2.75, 3.05) is 26.1 Å². The van der Waals surface area contributed by atoms with E-state index >= 15 is 0 Å². The number of anilines is 1. The average Bonchev–Trinajstić information content (AvgIpc) is 2.43. The topological polar surface area (TPSA) is 82.8 Å². The zero-order valence-corrected chi connectivity index (χ0v) is 14.1. The molecule has 6 heteroatoms. The lowest BCUT2D eigenvalue weighted by Crippen LogP contribution is -2.27. The Morgan fingerprint density at radius 1 is 1.23 bits per heavy atom. The van der Waals surface area contributed by atoms with Crippen molar-refractivity contribution >= 4 is 11.8 Å². The third-order valence-corrected chi connectivity index (χ3v) is 3.08. The summed E-state index contributed by atoms with van der Waals surface area (Å²) in [6, 6.07) is 3.54. The summed E-state index contributed by atoms with van der Waals surface area (Å²) in [7, 11) is 3.11. The van der Waals surface area contributed by atoms with E-state index < -0.39 is 11.7 Å². The highest BCUT2D eigenvalue weighted by Gasteiger charge is 2.20. The molecule has 0 saturated heterocycles. The molecular weight excluding hydrogens is 284 g/mol. The molecule has 1 aromatic carbocycles. The highest BCUT2D eigenvalue weighted by atomic mass is 16.6. The van der Waals surface area contributed by atoms with E-state index in [4.69, 9.17) is 19.9 Å². The van der Waals surface area contributed by atoms with Gasteiger partial charge in [0.2, 0.25) is 0 Å². The number of carbonyl (C=O) groups is 1. The van der Waals surface area contributed by atoms with Gasteiger partial charge in [-0.2, -0.15) is 0 Å². The van der Waals surface area contributed by atoms with E-state index in [0.717, 1.165) is 5.56 Å². The summed E-state index contributed by atoms with van der Waals surface area (Å²) >= 11 is 0. The van der Waals surface area contributed by atoms with Crippen LogP contribution in [0.3, 0.4) is 0 Å². The van der Waals surface area contributed by atoms with Crippen molar-refractivity contribution in [3.63, 3.8) is 0 Å². The summed E-state index contributed by atoms with van der Waals surface area (Å²) in [6.45, 7) is 7.85. The maximum atomic E-state index is 12.0. The molecule has 0 heterocycles. The van der Waals surface area contributed by atoms with Gasteiger partial charge < -0.3 is 19.9 Å². The van der Waals surface area contributed by atoms with Crippen LogP contribution < -0.4 is 20.5 Å². The second-order valence-electron chi connectivity index (χ2n) is 6.06. The molecule has 6 nitrogen and oxygen atoms in total. The van der Waals surface area contributed by atoms with Gasteiger partial charge in [0.15, 0.2) is 11.5 Å². The molecule has 3 N–H and O–H groups in total. The van der Waals surface area contributed by atoms with E-state index in [2.05, 4.69) is 5.32 Å². The zero-order chi connectivity index (χ0) is 16.9. The first-order valence-electron chi connectivity index (χ1n) is 7.17. The van der Waals surface area contributed by atoms with Crippen molar-refractivity contribution in [3.05, 3.63) is 17.7 Å². The molecule has 0 spiro atoms. The number of nitrogens with one attached hydrogen (secondary N) is 1. The molecular formula is C16H26N2O4. The minimum absolute atomic E-state index is 0.0461. The number of benzene rings is 1. The molecule has 1 unspecified atom stereocenters. The molecule has 0 aliphatic rings. The SMILES string of the molecule is COc1cc(NC(=O)OC(C)(C)C)c(C(C)CN)cc1OC. The molecule has 124 valence electrons. The second kappa shape index (κ2) is 7.35. The van der Waals surface area contributed by atoms with Crippen molar-refractivity contribution in [1.82, 2.24) is 0 Å². The summed E-state index contributed by atoms with van der Waals surface area (Å²) in [6.07, 6.45) is -0.523. The lowest BCUT2D eigenvalue weighted by Gasteiger charge is -2.22. The molecule has 0 radical (unpaired) electrons. The van der Waals surface area contributed by atoms with Gasteiger partial charge in [0.1, 0.15) is 5.60 Å². The van der Waals surface area contributed by atoms with E-state index in [1.807, 2.05) is 33.8 Å². The quantitative estimate of drug-likeness (QED) is 0.873. The van der Waals surface area contributed by atoms with Crippen LogP contribution in [0.25, 0.3) is 0 Å². The summed E-state index contributed by atoms with van der Waals surface area (Å²) in [4.78, 5) is 12.0. The first-order chi connectivity index (χ1) is 10.2. The Hall–Kier alpha value is -1.95. The Balaban J connectivity index is 3.17. The van der Waals surface area contributed by atoms with Crippen molar-refractivity contribution in [1.29, 1.82) is 0 Å². The third kappa shape index (κ3) is 4.80. The van der Waals surface area contributed by atoms with Gasteiger partial charge >= 0.3 is 6.09 Å². The summed E-state index contributed by atoms with van der Waals surface area (Å²) in [5.74, 6) is 1.17. The maximum Gasteiger partial charge on any atom is 0.412 e. The van der Waals surface area contributed by atoms with Crippen LogP contribution in [0.1, 0.15) is 39.2 Å². The summed E-state index contributed by atoms with van der Waals surface area (Å²) in [5, 5.41) is 2.76. The fraction of sp³-hybridized carbons (Fsp3) is 0.562. The van der Waals surface area contributed by atoms with Crippen LogP contribution in [0.5, 0.6) is 11.5 Å². The van der Waals surface area contributed by atoms with Gasteiger partial charge in [0.05, 0.1) is 19.9 Å². The molecule has 0 fully saturated rings. The van der Waals surface area contributed by atoms with E-state index in [-0.39, 0.29) is 5.92 Å². The molecule has 1 atom stereocenters. The van der Waals surface area contributed by atoms with Crippen LogP contribution in [0.4, 0.5) is 10.5 Å². The minimum Gasteiger partial charge on any atom is -0.493 e. The molecule has 1 aromatic rings. The van der Waals surface area contributed by atoms with E-state index in [0.29, 0.717) is 23.7 Å². The van der Waals surface area contributed by atoms with Crippen LogP contribution >= 0.6 is 0 Å². The van der Waals surface area contributed by atoms with Crippen molar-refractivity contribution < 1.29 is 19.0 Å². The Bertz CT molecular complexity index is 524. The molecule has 0 aromatic heterocycles.